The molecule has 0 aliphatic rings. The van der Waals surface area contributed by atoms with E-state index in [0.717, 1.165) is 30.9 Å². The summed E-state index contributed by atoms with van der Waals surface area (Å²) < 4.78 is 0. The van der Waals surface area contributed by atoms with Gasteiger partial charge in [-0.2, -0.15) is 0 Å². The number of rotatable bonds is 8. The minimum absolute atomic E-state index is 0.303. The maximum absolute atomic E-state index is 10.7. The topological polar surface area (TPSA) is 40.5 Å². The Hall–Kier alpha value is -0.640. The summed E-state index contributed by atoms with van der Waals surface area (Å²) in [7, 11) is 0. The number of carbonyl (C=O) groups is 1. The molecule has 0 aromatic heterocycles. The van der Waals surface area contributed by atoms with Gasteiger partial charge in [-0.05, 0) is 25.7 Å². The first-order chi connectivity index (χ1) is 7.52. The van der Waals surface area contributed by atoms with Crippen LogP contribution in [0.3, 0.4) is 0 Å². The maximum atomic E-state index is 10.7. The van der Waals surface area contributed by atoms with Crippen molar-refractivity contribution in [1.82, 2.24) is 4.90 Å². The molecule has 0 aromatic carbocycles. The predicted molar refractivity (Wildman–Crippen MR) is 70.8 cm³/mol. The molecule has 0 bridgehead atoms. The summed E-state index contributed by atoms with van der Waals surface area (Å²) >= 11 is 5.34. The molecule has 0 fully saturated rings. The number of nitrogens with zero attached hydrogens (tertiary/aromatic N) is 1. The molecule has 94 valence electrons. The van der Waals surface area contributed by atoms with Crippen LogP contribution in [0.15, 0.2) is 0 Å². The number of carboxylic acids is 1. The molecule has 1 unspecified atom stereocenters. The molecule has 0 spiro atoms. The van der Waals surface area contributed by atoms with Crippen LogP contribution in [0.5, 0.6) is 0 Å². The van der Waals surface area contributed by atoms with E-state index in [4.69, 9.17) is 17.3 Å². The van der Waals surface area contributed by atoms with Crippen molar-refractivity contribution in [2.24, 2.45) is 5.92 Å². The summed E-state index contributed by atoms with van der Waals surface area (Å²) in [5.74, 6) is -1.04. The van der Waals surface area contributed by atoms with Gasteiger partial charge in [-0.25, -0.2) is 0 Å². The maximum Gasteiger partial charge on any atom is 0.306 e. The smallest absolute Gasteiger partial charge is 0.306 e. The fraction of sp³-hybridized carbons (Fsp3) is 0.833. The molecule has 0 aliphatic heterocycles. The Bertz CT molecular complexity index is 225. The van der Waals surface area contributed by atoms with Gasteiger partial charge in [-0.3, -0.25) is 4.79 Å². The van der Waals surface area contributed by atoms with E-state index in [9.17, 15) is 4.79 Å². The number of carboxylic acid groups (broad SMARTS) is 1. The summed E-state index contributed by atoms with van der Waals surface area (Å²) in [6.45, 7) is 7.95. The normalized spacial score (nSPS) is 12.2. The molecular formula is C12H23NO2S. The van der Waals surface area contributed by atoms with Crippen LogP contribution < -0.4 is 0 Å². The van der Waals surface area contributed by atoms with E-state index >= 15 is 0 Å². The van der Waals surface area contributed by atoms with E-state index in [1.54, 1.807) is 6.92 Å². The fourth-order valence-corrected chi connectivity index (χ4v) is 1.82. The summed E-state index contributed by atoms with van der Waals surface area (Å²) in [5.41, 5.74) is 0. The molecule has 16 heavy (non-hydrogen) atoms. The van der Waals surface area contributed by atoms with E-state index in [2.05, 4.69) is 18.7 Å². The van der Waals surface area contributed by atoms with Crippen molar-refractivity contribution >= 4 is 23.2 Å². The van der Waals surface area contributed by atoms with Crippen LogP contribution in [-0.2, 0) is 4.79 Å². The first kappa shape index (κ1) is 15.4. The lowest BCUT2D eigenvalue weighted by molar-refractivity contribution is -0.141. The van der Waals surface area contributed by atoms with E-state index in [-0.39, 0.29) is 5.92 Å². The van der Waals surface area contributed by atoms with Crippen LogP contribution in [0.4, 0.5) is 0 Å². The predicted octanol–water partition coefficient (Wildman–Crippen LogP) is 2.94. The van der Waals surface area contributed by atoms with Crippen LogP contribution in [-0.4, -0.2) is 34.1 Å². The summed E-state index contributed by atoms with van der Waals surface area (Å²) in [5, 5.41) is 8.78. The van der Waals surface area contributed by atoms with Crippen molar-refractivity contribution in [2.45, 2.75) is 46.5 Å². The SMILES string of the molecule is CCCN(CCC)C(=S)CCC(C)C(=O)O. The number of thiocarbonyl (C=S) groups is 1. The van der Waals surface area contributed by atoms with Crippen molar-refractivity contribution in [2.75, 3.05) is 13.1 Å². The minimum atomic E-state index is -0.736. The Labute approximate surface area is 104 Å². The molecule has 0 aliphatic carbocycles. The van der Waals surface area contributed by atoms with E-state index in [1.165, 1.54) is 0 Å². The molecule has 0 saturated heterocycles. The largest absolute Gasteiger partial charge is 0.481 e. The van der Waals surface area contributed by atoms with Gasteiger partial charge < -0.3 is 10.0 Å². The monoisotopic (exact) mass is 245 g/mol. The van der Waals surface area contributed by atoms with Gasteiger partial charge >= 0.3 is 5.97 Å². The molecule has 0 radical (unpaired) electrons. The first-order valence-electron chi connectivity index (χ1n) is 6.03. The molecule has 1 atom stereocenters. The Morgan fingerprint density at radius 3 is 2.19 bits per heavy atom. The van der Waals surface area contributed by atoms with Gasteiger partial charge in [0.05, 0.1) is 10.9 Å². The standard InChI is InChI=1S/C12H23NO2S/c1-4-8-13(9-5-2)11(16)7-6-10(3)12(14)15/h10H,4-9H2,1-3H3,(H,14,15). The number of hydrogen-bond acceptors (Lipinski definition) is 2. The molecular weight excluding hydrogens is 222 g/mol. The minimum Gasteiger partial charge on any atom is -0.481 e. The second-order valence-electron chi connectivity index (χ2n) is 4.16. The lowest BCUT2D eigenvalue weighted by Gasteiger charge is -2.24. The van der Waals surface area contributed by atoms with Crippen LogP contribution in [0, 0.1) is 5.92 Å². The number of hydrogen-bond donors (Lipinski definition) is 1. The zero-order chi connectivity index (χ0) is 12.6. The highest BCUT2D eigenvalue weighted by Crippen LogP contribution is 2.10. The van der Waals surface area contributed by atoms with Crippen molar-refractivity contribution in [3.8, 4) is 0 Å². The Morgan fingerprint density at radius 2 is 1.81 bits per heavy atom. The fourth-order valence-electron chi connectivity index (χ4n) is 1.52. The van der Waals surface area contributed by atoms with E-state index in [1.807, 2.05) is 0 Å². The zero-order valence-corrected chi connectivity index (χ0v) is 11.3. The average Bonchev–Trinajstić information content (AvgIpc) is 2.24. The van der Waals surface area contributed by atoms with Gasteiger partial charge in [-0.1, -0.05) is 33.0 Å². The Balaban J connectivity index is 4.04. The molecule has 0 aromatic rings. The number of aliphatic carboxylic acids is 1. The highest BCUT2D eigenvalue weighted by molar-refractivity contribution is 7.80. The quantitative estimate of drug-likeness (QED) is 0.668. The zero-order valence-electron chi connectivity index (χ0n) is 10.5. The molecule has 0 saturated carbocycles. The Kier molecular flexibility index (Phi) is 8.16. The molecule has 4 heteroatoms. The summed E-state index contributed by atoms with van der Waals surface area (Å²) in [6, 6.07) is 0. The summed E-state index contributed by atoms with van der Waals surface area (Å²) in [6.07, 6.45) is 3.50. The second-order valence-corrected chi connectivity index (χ2v) is 4.63. The molecule has 0 heterocycles. The lowest BCUT2D eigenvalue weighted by atomic mass is 10.1. The van der Waals surface area contributed by atoms with Gasteiger partial charge in [0, 0.05) is 13.1 Å². The van der Waals surface area contributed by atoms with Crippen molar-refractivity contribution in [3.05, 3.63) is 0 Å². The highest BCUT2D eigenvalue weighted by Gasteiger charge is 2.14. The van der Waals surface area contributed by atoms with Crippen LogP contribution in [0.25, 0.3) is 0 Å². The van der Waals surface area contributed by atoms with Gasteiger partial charge in [-0.15, -0.1) is 0 Å². The van der Waals surface area contributed by atoms with Crippen LogP contribution in [0.1, 0.15) is 46.5 Å². The molecule has 1 N–H and O–H groups in total. The highest BCUT2D eigenvalue weighted by atomic mass is 32.1. The van der Waals surface area contributed by atoms with E-state index < -0.39 is 5.97 Å². The van der Waals surface area contributed by atoms with Crippen molar-refractivity contribution in [1.29, 1.82) is 0 Å². The molecule has 0 amide bonds. The third kappa shape index (κ3) is 6.05. The molecule has 0 rings (SSSR count). The Morgan fingerprint density at radius 1 is 1.31 bits per heavy atom. The van der Waals surface area contributed by atoms with Gasteiger partial charge in [0.2, 0.25) is 0 Å². The van der Waals surface area contributed by atoms with Crippen molar-refractivity contribution < 1.29 is 9.90 Å². The van der Waals surface area contributed by atoms with E-state index in [0.29, 0.717) is 12.8 Å². The van der Waals surface area contributed by atoms with Gasteiger partial charge in [0.15, 0.2) is 0 Å². The molecule has 3 nitrogen and oxygen atoms in total. The third-order valence-electron chi connectivity index (χ3n) is 2.55. The summed E-state index contributed by atoms with van der Waals surface area (Å²) in [4.78, 5) is 13.8. The van der Waals surface area contributed by atoms with Crippen molar-refractivity contribution in [3.63, 3.8) is 0 Å². The lowest BCUT2D eigenvalue weighted by Crippen LogP contribution is -2.31. The van der Waals surface area contributed by atoms with Crippen LogP contribution >= 0.6 is 12.2 Å². The second kappa shape index (κ2) is 8.50. The first-order valence-corrected chi connectivity index (χ1v) is 6.44. The average molecular weight is 245 g/mol. The van der Waals surface area contributed by atoms with Crippen LogP contribution in [0.2, 0.25) is 0 Å². The van der Waals surface area contributed by atoms with Gasteiger partial charge in [0.25, 0.3) is 0 Å². The third-order valence-corrected chi connectivity index (χ3v) is 3.01. The van der Waals surface area contributed by atoms with Gasteiger partial charge in [0.1, 0.15) is 0 Å².